The summed E-state index contributed by atoms with van der Waals surface area (Å²) >= 11 is 0. The van der Waals surface area contributed by atoms with Gasteiger partial charge in [0.25, 0.3) is 0 Å². The molecule has 0 spiro atoms. The van der Waals surface area contributed by atoms with Crippen molar-refractivity contribution >= 4 is 33.0 Å². The highest BCUT2D eigenvalue weighted by molar-refractivity contribution is 7.91. The number of hydrogen-bond acceptors (Lipinski definition) is 7. The maximum absolute atomic E-state index is 11.6. The average molecular weight is 373 g/mol. The van der Waals surface area contributed by atoms with E-state index in [-0.39, 0.29) is 17.5 Å². The molecule has 1 aromatic carbocycles. The number of hydrogen-bond donors (Lipinski definition) is 2. The Hall–Kier alpha value is -2.35. The van der Waals surface area contributed by atoms with E-state index in [0.29, 0.717) is 18.2 Å². The fourth-order valence-electron chi connectivity index (χ4n) is 3.48. The SMILES string of the molecule is O=S1(=O)CCC(Nc2ccnc(Nc3ccc(N4CCCC4)cc3)n2)C1. The molecule has 0 amide bonds. The first-order valence-electron chi connectivity index (χ1n) is 8.99. The van der Waals surface area contributed by atoms with Gasteiger partial charge in [0.2, 0.25) is 5.95 Å². The molecule has 2 saturated heterocycles. The van der Waals surface area contributed by atoms with Gasteiger partial charge in [-0.1, -0.05) is 0 Å². The number of nitrogens with zero attached hydrogens (tertiary/aromatic N) is 3. The van der Waals surface area contributed by atoms with Crippen molar-refractivity contribution in [3.63, 3.8) is 0 Å². The molecule has 0 radical (unpaired) electrons. The number of sulfone groups is 1. The molecule has 1 aromatic heterocycles. The summed E-state index contributed by atoms with van der Waals surface area (Å²) in [6.45, 7) is 2.25. The summed E-state index contributed by atoms with van der Waals surface area (Å²) in [7, 11) is -2.91. The lowest BCUT2D eigenvalue weighted by Gasteiger charge is -2.18. The van der Waals surface area contributed by atoms with E-state index < -0.39 is 9.84 Å². The minimum Gasteiger partial charge on any atom is -0.372 e. The summed E-state index contributed by atoms with van der Waals surface area (Å²) in [4.78, 5) is 11.1. The third kappa shape index (κ3) is 4.07. The van der Waals surface area contributed by atoms with Gasteiger partial charge in [-0.25, -0.2) is 13.4 Å². The van der Waals surface area contributed by atoms with E-state index in [0.717, 1.165) is 18.8 Å². The van der Waals surface area contributed by atoms with Crippen molar-refractivity contribution in [3.05, 3.63) is 36.5 Å². The van der Waals surface area contributed by atoms with Crippen LogP contribution >= 0.6 is 0 Å². The van der Waals surface area contributed by atoms with Crippen molar-refractivity contribution in [1.82, 2.24) is 9.97 Å². The van der Waals surface area contributed by atoms with E-state index in [2.05, 4.69) is 37.6 Å². The molecule has 7 nitrogen and oxygen atoms in total. The molecule has 3 heterocycles. The van der Waals surface area contributed by atoms with Crippen LogP contribution in [0.4, 0.5) is 23.1 Å². The number of rotatable bonds is 5. The molecule has 138 valence electrons. The molecule has 2 N–H and O–H groups in total. The summed E-state index contributed by atoms with van der Waals surface area (Å²) in [6, 6.07) is 9.95. The van der Waals surface area contributed by atoms with Crippen LogP contribution in [0.3, 0.4) is 0 Å². The lowest BCUT2D eigenvalue weighted by atomic mass is 10.2. The Bertz CT molecular complexity index is 863. The monoisotopic (exact) mass is 373 g/mol. The first-order chi connectivity index (χ1) is 12.6. The molecule has 8 heteroatoms. The molecule has 2 fully saturated rings. The van der Waals surface area contributed by atoms with Crippen molar-refractivity contribution in [2.24, 2.45) is 0 Å². The number of anilines is 4. The van der Waals surface area contributed by atoms with Crippen molar-refractivity contribution in [2.75, 3.05) is 40.1 Å². The van der Waals surface area contributed by atoms with Crippen molar-refractivity contribution in [3.8, 4) is 0 Å². The summed E-state index contributed by atoms with van der Waals surface area (Å²) in [5.41, 5.74) is 2.17. The van der Waals surface area contributed by atoms with Crippen LogP contribution in [0.25, 0.3) is 0 Å². The smallest absolute Gasteiger partial charge is 0.229 e. The number of aromatic nitrogens is 2. The van der Waals surface area contributed by atoms with Crippen LogP contribution in [0.2, 0.25) is 0 Å². The van der Waals surface area contributed by atoms with Gasteiger partial charge >= 0.3 is 0 Å². The van der Waals surface area contributed by atoms with E-state index in [1.165, 1.54) is 18.5 Å². The zero-order valence-corrected chi connectivity index (χ0v) is 15.4. The van der Waals surface area contributed by atoms with Crippen LogP contribution < -0.4 is 15.5 Å². The van der Waals surface area contributed by atoms with Crippen molar-refractivity contribution in [2.45, 2.75) is 25.3 Å². The van der Waals surface area contributed by atoms with E-state index >= 15 is 0 Å². The highest BCUT2D eigenvalue weighted by Gasteiger charge is 2.27. The molecule has 0 aliphatic carbocycles. The summed E-state index contributed by atoms with van der Waals surface area (Å²) in [5, 5.41) is 6.40. The van der Waals surface area contributed by atoms with Crippen LogP contribution in [0.1, 0.15) is 19.3 Å². The van der Waals surface area contributed by atoms with Gasteiger partial charge in [0.05, 0.1) is 11.5 Å². The Morgan fingerprint density at radius 3 is 2.54 bits per heavy atom. The molecule has 2 aliphatic heterocycles. The summed E-state index contributed by atoms with van der Waals surface area (Å²) < 4.78 is 23.1. The minimum atomic E-state index is -2.91. The van der Waals surface area contributed by atoms with E-state index in [1.807, 2.05) is 12.1 Å². The second-order valence-corrected chi connectivity index (χ2v) is 9.10. The predicted molar refractivity (Wildman–Crippen MR) is 104 cm³/mol. The van der Waals surface area contributed by atoms with Crippen molar-refractivity contribution < 1.29 is 8.42 Å². The van der Waals surface area contributed by atoms with E-state index in [9.17, 15) is 8.42 Å². The number of nitrogens with one attached hydrogen (secondary N) is 2. The second-order valence-electron chi connectivity index (χ2n) is 6.88. The molecule has 0 bridgehead atoms. The lowest BCUT2D eigenvalue weighted by molar-refractivity contribution is 0.602. The Labute approximate surface area is 153 Å². The van der Waals surface area contributed by atoms with E-state index in [1.54, 1.807) is 12.3 Å². The molecule has 0 saturated carbocycles. The average Bonchev–Trinajstić information content (AvgIpc) is 3.26. The zero-order chi connectivity index (χ0) is 18.0. The Morgan fingerprint density at radius 2 is 1.85 bits per heavy atom. The third-order valence-electron chi connectivity index (χ3n) is 4.83. The molecule has 4 rings (SSSR count). The maximum atomic E-state index is 11.6. The highest BCUT2D eigenvalue weighted by atomic mass is 32.2. The second kappa shape index (κ2) is 7.11. The molecule has 1 atom stereocenters. The lowest BCUT2D eigenvalue weighted by Crippen LogP contribution is -2.21. The molecule has 2 aromatic rings. The first-order valence-corrected chi connectivity index (χ1v) is 10.8. The first kappa shape index (κ1) is 17.1. The van der Waals surface area contributed by atoms with Crippen LogP contribution in [0, 0.1) is 0 Å². The third-order valence-corrected chi connectivity index (χ3v) is 6.60. The van der Waals surface area contributed by atoms with Crippen LogP contribution in [-0.2, 0) is 9.84 Å². The summed E-state index contributed by atoms with van der Waals surface area (Å²) in [6.07, 6.45) is 4.80. The normalized spacial score (nSPS) is 21.7. The molecular formula is C18H23N5O2S. The van der Waals surface area contributed by atoms with Gasteiger partial charge in [0.15, 0.2) is 9.84 Å². The van der Waals surface area contributed by atoms with Crippen LogP contribution in [-0.4, -0.2) is 49.0 Å². The summed E-state index contributed by atoms with van der Waals surface area (Å²) in [5.74, 6) is 1.53. The fourth-order valence-corrected chi connectivity index (χ4v) is 5.15. The Kier molecular flexibility index (Phi) is 4.67. The van der Waals surface area contributed by atoms with Gasteiger partial charge in [-0.05, 0) is 49.6 Å². The van der Waals surface area contributed by atoms with Crippen LogP contribution in [0.15, 0.2) is 36.5 Å². The topological polar surface area (TPSA) is 87.2 Å². The van der Waals surface area contributed by atoms with Crippen molar-refractivity contribution in [1.29, 1.82) is 0 Å². The quantitative estimate of drug-likeness (QED) is 0.832. The standard InChI is InChI=1S/C18H23N5O2S/c24-26(25)12-8-15(13-26)20-17-7-9-19-18(22-17)21-14-3-5-16(6-4-14)23-10-1-2-11-23/h3-7,9,15H,1-2,8,10-13H2,(H2,19,20,21,22). The Morgan fingerprint density at radius 1 is 1.08 bits per heavy atom. The highest BCUT2D eigenvalue weighted by Crippen LogP contribution is 2.23. The van der Waals surface area contributed by atoms with Gasteiger partial charge in [0.1, 0.15) is 5.82 Å². The maximum Gasteiger partial charge on any atom is 0.229 e. The van der Waals surface area contributed by atoms with Gasteiger partial charge in [-0.2, -0.15) is 4.98 Å². The van der Waals surface area contributed by atoms with E-state index in [4.69, 9.17) is 0 Å². The molecular weight excluding hydrogens is 350 g/mol. The van der Waals surface area contributed by atoms with Gasteiger partial charge < -0.3 is 15.5 Å². The zero-order valence-electron chi connectivity index (χ0n) is 14.6. The van der Waals surface area contributed by atoms with Gasteiger partial charge in [-0.15, -0.1) is 0 Å². The predicted octanol–water partition coefficient (Wildman–Crippen LogP) is 2.42. The van der Waals surface area contributed by atoms with Gasteiger partial charge in [-0.3, -0.25) is 0 Å². The molecule has 26 heavy (non-hydrogen) atoms. The van der Waals surface area contributed by atoms with Crippen LogP contribution in [0.5, 0.6) is 0 Å². The largest absolute Gasteiger partial charge is 0.372 e. The Balaban J connectivity index is 1.40. The fraction of sp³-hybridized carbons (Fsp3) is 0.444. The minimum absolute atomic E-state index is 0.0810. The molecule has 1 unspecified atom stereocenters. The number of benzene rings is 1. The van der Waals surface area contributed by atoms with Gasteiger partial charge in [0, 0.05) is 36.7 Å². The molecule has 2 aliphatic rings.